The van der Waals surface area contributed by atoms with E-state index in [4.69, 9.17) is 4.74 Å². The van der Waals surface area contributed by atoms with Crippen LogP contribution in [0.4, 0.5) is 4.39 Å². The van der Waals surface area contributed by atoms with Crippen LogP contribution >= 0.6 is 0 Å². The summed E-state index contributed by atoms with van der Waals surface area (Å²) in [5.41, 5.74) is 0. The van der Waals surface area contributed by atoms with Crippen molar-refractivity contribution in [3.05, 3.63) is 60.4 Å². The van der Waals surface area contributed by atoms with Crippen LogP contribution in [0, 0.1) is 11.7 Å². The van der Waals surface area contributed by atoms with Gasteiger partial charge in [-0.3, -0.25) is 4.79 Å². The molecule has 28 heavy (non-hydrogen) atoms. The van der Waals surface area contributed by atoms with E-state index < -0.39 is 10.0 Å². The predicted molar refractivity (Wildman–Crippen MR) is 101 cm³/mol. The van der Waals surface area contributed by atoms with Gasteiger partial charge in [0.25, 0.3) is 5.91 Å². The average Bonchev–Trinajstić information content (AvgIpc) is 3.28. The van der Waals surface area contributed by atoms with Crippen LogP contribution in [0.3, 0.4) is 0 Å². The van der Waals surface area contributed by atoms with E-state index in [0.29, 0.717) is 18.7 Å². The van der Waals surface area contributed by atoms with Gasteiger partial charge in [-0.25, -0.2) is 17.5 Å². The minimum Gasteiger partial charge on any atom is -0.484 e. The molecule has 2 aliphatic rings. The molecule has 2 aromatic carbocycles. The molecule has 0 spiro atoms. The number of amides is 1. The van der Waals surface area contributed by atoms with Gasteiger partial charge >= 0.3 is 0 Å². The Balaban J connectivity index is 1.32. The number of carbonyl (C=O) groups excluding carboxylic acids is 1. The Bertz CT molecular complexity index is 950. The number of hydrogen-bond donors (Lipinski definition) is 1. The first-order chi connectivity index (χ1) is 13.4. The van der Waals surface area contributed by atoms with Gasteiger partial charge in [-0.2, -0.15) is 0 Å². The molecule has 1 N–H and O–H groups in total. The monoisotopic (exact) mass is 404 g/mol. The summed E-state index contributed by atoms with van der Waals surface area (Å²) in [5.74, 6) is 0.0339. The summed E-state index contributed by atoms with van der Waals surface area (Å²) in [5, 5.41) is 0. The van der Waals surface area contributed by atoms with Gasteiger partial charge in [-0.1, -0.05) is 18.2 Å². The molecule has 1 aliphatic carbocycles. The second-order valence-electron chi connectivity index (χ2n) is 7.21. The quantitative estimate of drug-likeness (QED) is 0.801. The van der Waals surface area contributed by atoms with Crippen molar-refractivity contribution in [3.8, 4) is 5.75 Å². The molecule has 3 unspecified atom stereocenters. The van der Waals surface area contributed by atoms with Crippen molar-refractivity contribution in [3.63, 3.8) is 0 Å². The molecule has 148 valence electrons. The zero-order chi connectivity index (χ0) is 19.7. The standard InChI is InChI=1S/C20H21FN2O4S/c21-15-6-8-17(9-7-15)27-13-20(24)23-12-14-10-16(23)11-19(14)22-28(25,26)18-4-2-1-3-5-18/h1-9,14,16,19,22H,10-13H2. The lowest BCUT2D eigenvalue weighted by atomic mass is 10.0. The molecular weight excluding hydrogens is 383 g/mol. The average molecular weight is 404 g/mol. The highest BCUT2D eigenvalue weighted by molar-refractivity contribution is 7.89. The Kier molecular flexibility index (Phi) is 5.07. The minimum atomic E-state index is -3.56. The molecule has 1 aliphatic heterocycles. The first-order valence-electron chi connectivity index (χ1n) is 9.17. The number of nitrogens with one attached hydrogen (secondary N) is 1. The molecule has 6 nitrogen and oxygen atoms in total. The molecule has 1 heterocycles. The molecule has 0 aromatic heterocycles. The van der Waals surface area contributed by atoms with E-state index in [2.05, 4.69) is 4.72 Å². The summed E-state index contributed by atoms with van der Waals surface area (Å²) < 4.78 is 46.2. The minimum absolute atomic E-state index is 0.0118. The van der Waals surface area contributed by atoms with Gasteiger partial charge in [0, 0.05) is 18.6 Å². The highest BCUT2D eigenvalue weighted by atomic mass is 32.2. The highest BCUT2D eigenvalue weighted by Crippen LogP contribution is 2.38. The maximum absolute atomic E-state index is 12.9. The number of fused-ring (bicyclic) bond motifs is 2. The molecule has 1 saturated heterocycles. The molecule has 1 saturated carbocycles. The Morgan fingerprint density at radius 1 is 1.11 bits per heavy atom. The van der Waals surface area contributed by atoms with Gasteiger partial charge in [-0.05, 0) is 55.2 Å². The van der Waals surface area contributed by atoms with Gasteiger partial charge in [0.2, 0.25) is 10.0 Å². The van der Waals surface area contributed by atoms with Crippen LogP contribution in [0.1, 0.15) is 12.8 Å². The number of hydrogen-bond acceptors (Lipinski definition) is 4. The second kappa shape index (κ2) is 7.52. The summed E-state index contributed by atoms with van der Waals surface area (Å²) in [7, 11) is -3.56. The number of rotatable bonds is 6. The predicted octanol–water partition coefficient (Wildman–Crippen LogP) is 2.17. The van der Waals surface area contributed by atoms with Crippen LogP contribution in [0.15, 0.2) is 59.5 Å². The molecular formula is C20H21FN2O4S. The summed E-state index contributed by atoms with van der Waals surface area (Å²) in [6.07, 6.45) is 1.38. The van der Waals surface area contributed by atoms with Crippen molar-refractivity contribution < 1.29 is 22.3 Å². The highest BCUT2D eigenvalue weighted by Gasteiger charge is 2.47. The van der Waals surface area contributed by atoms with Gasteiger partial charge in [-0.15, -0.1) is 0 Å². The maximum atomic E-state index is 12.9. The molecule has 1 amide bonds. The first-order valence-corrected chi connectivity index (χ1v) is 10.7. The van der Waals surface area contributed by atoms with E-state index in [0.717, 1.165) is 6.42 Å². The largest absolute Gasteiger partial charge is 0.484 e. The summed E-state index contributed by atoms with van der Waals surface area (Å²) in [4.78, 5) is 14.5. The number of benzene rings is 2. The van der Waals surface area contributed by atoms with Gasteiger partial charge in [0.15, 0.2) is 6.61 Å². The smallest absolute Gasteiger partial charge is 0.260 e. The van der Waals surface area contributed by atoms with Crippen LogP contribution in [0.5, 0.6) is 5.75 Å². The zero-order valence-corrected chi connectivity index (χ0v) is 15.9. The van der Waals surface area contributed by atoms with Crippen LogP contribution in [-0.4, -0.2) is 44.5 Å². The van der Waals surface area contributed by atoms with E-state index in [-0.39, 0.29) is 41.2 Å². The van der Waals surface area contributed by atoms with Crippen LogP contribution < -0.4 is 9.46 Å². The number of likely N-dealkylation sites (tertiary alicyclic amines) is 1. The van der Waals surface area contributed by atoms with E-state index >= 15 is 0 Å². The van der Waals surface area contributed by atoms with Crippen molar-refractivity contribution in [1.82, 2.24) is 9.62 Å². The molecule has 8 heteroatoms. The lowest BCUT2D eigenvalue weighted by molar-refractivity contribution is -0.135. The van der Waals surface area contributed by atoms with Gasteiger partial charge < -0.3 is 9.64 Å². The lowest BCUT2D eigenvalue weighted by Gasteiger charge is -2.31. The number of halogens is 1. The van der Waals surface area contributed by atoms with Crippen molar-refractivity contribution in [2.75, 3.05) is 13.2 Å². The van der Waals surface area contributed by atoms with E-state index in [9.17, 15) is 17.6 Å². The fraction of sp³-hybridized carbons (Fsp3) is 0.350. The number of nitrogens with zero attached hydrogens (tertiary/aromatic N) is 1. The van der Waals surface area contributed by atoms with E-state index in [1.165, 1.54) is 24.3 Å². The Morgan fingerprint density at radius 3 is 2.46 bits per heavy atom. The van der Waals surface area contributed by atoms with Crippen molar-refractivity contribution in [2.24, 2.45) is 5.92 Å². The zero-order valence-electron chi connectivity index (χ0n) is 15.1. The lowest BCUT2D eigenvalue weighted by Crippen LogP contribution is -2.48. The number of ether oxygens (including phenoxy) is 1. The van der Waals surface area contributed by atoms with Crippen molar-refractivity contribution >= 4 is 15.9 Å². The van der Waals surface area contributed by atoms with Crippen LogP contribution in [0.2, 0.25) is 0 Å². The summed E-state index contributed by atoms with van der Waals surface area (Å²) in [6, 6.07) is 13.6. The Hall–Kier alpha value is -2.45. The molecule has 2 aromatic rings. The topological polar surface area (TPSA) is 75.7 Å². The van der Waals surface area contributed by atoms with E-state index in [1.54, 1.807) is 35.2 Å². The van der Waals surface area contributed by atoms with Crippen LogP contribution in [0.25, 0.3) is 0 Å². The third kappa shape index (κ3) is 3.88. The third-order valence-electron chi connectivity index (χ3n) is 5.40. The van der Waals surface area contributed by atoms with E-state index in [1.807, 2.05) is 0 Å². The maximum Gasteiger partial charge on any atom is 0.260 e. The van der Waals surface area contributed by atoms with Crippen molar-refractivity contribution in [2.45, 2.75) is 29.8 Å². The van der Waals surface area contributed by atoms with Gasteiger partial charge in [0.05, 0.1) is 4.90 Å². The number of piperidine rings is 1. The summed E-state index contributed by atoms with van der Waals surface area (Å²) >= 11 is 0. The molecule has 3 atom stereocenters. The third-order valence-corrected chi connectivity index (χ3v) is 6.90. The fourth-order valence-corrected chi connectivity index (χ4v) is 5.37. The number of sulfonamides is 1. The van der Waals surface area contributed by atoms with Gasteiger partial charge in [0.1, 0.15) is 11.6 Å². The fourth-order valence-electron chi connectivity index (χ4n) is 4.03. The Labute approximate surface area is 163 Å². The summed E-state index contributed by atoms with van der Waals surface area (Å²) in [6.45, 7) is 0.396. The molecule has 2 fully saturated rings. The molecule has 0 radical (unpaired) electrons. The second-order valence-corrected chi connectivity index (χ2v) is 8.93. The first kappa shape index (κ1) is 18.9. The van der Waals surface area contributed by atoms with Crippen molar-refractivity contribution in [1.29, 1.82) is 0 Å². The normalized spacial score (nSPS) is 23.8. The molecule has 4 rings (SSSR count). The SMILES string of the molecule is O=C(COc1ccc(F)cc1)N1CC2CC1CC2NS(=O)(=O)c1ccccc1. The molecule has 2 bridgehead atoms. The van der Waals surface area contributed by atoms with Crippen LogP contribution in [-0.2, 0) is 14.8 Å². The Morgan fingerprint density at radius 2 is 1.82 bits per heavy atom. The number of carbonyl (C=O) groups is 1.